The van der Waals surface area contributed by atoms with Crippen LogP contribution in [0.4, 0.5) is 0 Å². The van der Waals surface area contributed by atoms with Gasteiger partial charge in [-0.25, -0.2) is 0 Å². The summed E-state index contributed by atoms with van der Waals surface area (Å²) in [7, 11) is 1.66. The smallest absolute Gasteiger partial charge is 0.129 e. The minimum absolute atomic E-state index is 0.235. The molecule has 1 aromatic rings. The summed E-state index contributed by atoms with van der Waals surface area (Å²) in [5.41, 5.74) is 0. The van der Waals surface area contributed by atoms with Crippen molar-refractivity contribution in [1.82, 2.24) is 5.32 Å². The van der Waals surface area contributed by atoms with Gasteiger partial charge in [0.05, 0.1) is 12.6 Å². The molecular formula is C12H21NO3. The van der Waals surface area contributed by atoms with E-state index < -0.39 is 0 Å². The average molecular weight is 227 g/mol. The first-order valence-electron chi connectivity index (χ1n) is 5.65. The van der Waals surface area contributed by atoms with Gasteiger partial charge in [0.1, 0.15) is 18.1 Å². The van der Waals surface area contributed by atoms with Crippen LogP contribution in [0.3, 0.4) is 0 Å². The third kappa shape index (κ3) is 4.79. The van der Waals surface area contributed by atoms with Gasteiger partial charge in [0.25, 0.3) is 0 Å². The second kappa shape index (κ2) is 7.44. The van der Waals surface area contributed by atoms with E-state index in [2.05, 4.69) is 12.2 Å². The number of methoxy groups -OCH3 is 1. The lowest BCUT2D eigenvalue weighted by Gasteiger charge is -2.11. The Hall–Kier alpha value is -0.840. The first kappa shape index (κ1) is 13.2. The SMILES string of the molecule is CCOC(C)CNCc1ccc(COC)o1. The molecule has 92 valence electrons. The maximum Gasteiger partial charge on any atom is 0.129 e. The molecule has 0 aromatic carbocycles. The van der Waals surface area contributed by atoms with Crippen LogP contribution in [0, 0.1) is 0 Å². The first-order chi connectivity index (χ1) is 7.76. The molecular weight excluding hydrogens is 206 g/mol. The quantitative estimate of drug-likeness (QED) is 0.737. The second-order valence-electron chi connectivity index (χ2n) is 3.70. The molecule has 1 unspecified atom stereocenters. The number of ether oxygens (including phenoxy) is 2. The van der Waals surface area contributed by atoms with Crippen LogP contribution in [-0.4, -0.2) is 26.4 Å². The van der Waals surface area contributed by atoms with E-state index in [1.165, 1.54) is 0 Å². The average Bonchev–Trinajstić information content (AvgIpc) is 2.67. The summed E-state index contributed by atoms with van der Waals surface area (Å²) < 4.78 is 15.9. The van der Waals surface area contributed by atoms with Gasteiger partial charge < -0.3 is 19.2 Å². The summed E-state index contributed by atoms with van der Waals surface area (Å²) in [5.74, 6) is 1.79. The number of hydrogen-bond acceptors (Lipinski definition) is 4. The Morgan fingerprint density at radius 3 is 2.81 bits per heavy atom. The molecule has 4 heteroatoms. The van der Waals surface area contributed by atoms with Crippen molar-refractivity contribution in [1.29, 1.82) is 0 Å². The minimum atomic E-state index is 0.235. The lowest BCUT2D eigenvalue weighted by atomic mass is 10.3. The summed E-state index contributed by atoms with van der Waals surface area (Å²) in [6.45, 7) is 6.88. The molecule has 1 atom stereocenters. The lowest BCUT2D eigenvalue weighted by molar-refractivity contribution is 0.0755. The predicted octanol–water partition coefficient (Wildman–Crippen LogP) is 1.94. The van der Waals surface area contributed by atoms with Gasteiger partial charge in [-0.15, -0.1) is 0 Å². The Morgan fingerprint density at radius 1 is 1.38 bits per heavy atom. The predicted molar refractivity (Wildman–Crippen MR) is 62.2 cm³/mol. The Morgan fingerprint density at radius 2 is 2.12 bits per heavy atom. The van der Waals surface area contributed by atoms with E-state index in [1.54, 1.807) is 7.11 Å². The van der Waals surface area contributed by atoms with Crippen LogP contribution in [0.5, 0.6) is 0 Å². The van der Waals surface area contributed by atoms with Crippen LogP contribution < -0.4 is 5.32 Å². The molecule has 0 amide bonds. The fraction of sp³-hybridized carbons (Fsp3) is 0.667. The van der Waals surface area contributed by atoms with Gasteiger partial charge in [0, 0.05) is 20.3 Å². The molecule has 0 fully saturated rings. The summed E-state index contributed by atoms with van der Waals surface area (Å²) in [4.78, 5) is 0. The molecule has 0 aliphatic carbocycles. The van der Waals surface area contributed by atoms with Gasteiger partial charge in [0.2, 0.25) is 0 Å². The largest absolute Gasteiger partial charge is 0.462 e. The van der Waals surface area contributed by atoms with Gasteiger partial charge in [-0.05, 0) is 26.0 Å². The Labute approximate surface area is 96.9 Å². The highest BCUT2D eigenvalue weighted by atomic mass is 16.5. The van der Waals surface area contributed by atoms with Crippen LogP contribution in [0.15, 0.2) is 16.5 Å². The van der Waals surface area contributed by atoms with E-state index in [1.807, 2.05) is 19.1 Å². The molecule has 16 heavy (non-hydrogen) atoms. The molecule has 1 aromatic heterocycles. The zero-order valence-electron chi connectivity index (χ0n) is 10.3. The third-order valence-corrected chi connectivity index (χ3v) is 2.19. The van der Waals surface area contributed by atoms with E-state index in [-0.39, 0.29) is 6.10 Å². The molecule has 1 rings (SSSR count). The van der Waals surface area contributed by atoms with E-state index >= 15 is 0 Å². The Bertz CT molecular complexity index is 286. The molecule has 4 nitrogen and oxygen atoms in total. The van der Waals surface area contributed by atoms with Crippen LogP contribution in [0.1, 0.15) is 25.4 Å². The Balaban J connectivity index is 2.21. The minimum Gasteiger partial charge on any atom is -0.462 e. The van der Waals surface area contributed by atoms with Crippen LogP contribution in [-0.2, 0) is 22.6 Å². The number of rotatable bonds is 8. The number of nitrogens with one attached hydrogen (secondary N) is 1. The van der Waals surface area contributed by atoms with Crippen molar-refractivity contribution in [2.75, 3.05) is 20.3 Å². The van der Waals surface area contributed by atoms with E-state index in [0.717, 1.165) is 31.2 Å². The highest BCUT2D eigenvalue weighted by molar-refractivity contribution is 5.06. The molecule has 0 saturated carbocycles. The van der Waals surface area contributed by atoms with Crippen LogP contribution in [0.25, 0.3) is 0 Å². The summed E-state index contributed by atoms with van der Waals surface area (Å²) >= 11 is 0. The molecule has 0 aliphatic rings. The maximum absolute atomic E-state index is 5.54. The number of furan rings is 1. The fourth-order valence-corrected chi connectivity index (χ4v) is 1.48. The molecule has 0 spiro atoms. The van der Waals surface area contributed by atoms with Gasteiger partial charge in [-0.1, -0.05) is 0 Å². The fourth-order valence-electron chi connectivity index (χ4n) is 1.48. The van der Waals surface area contributed by atoms with E-state index in [4.69, 9.17) is 13.9 Å². The maximum atomic E-state index is 5.54. The Kier molecular flexibility index (Phi) is 6.15. The topological polar surface area (TPSA) is 43.6 Å². The molecule has 0 saturated heterocycles. The molecule has 0 aliphatic heterocycles. The molecule has 0 bridgehead atoms. The lowest BCUT2D eigenvalue weighted by Crippen LogP contribution is -2.26. The van der Waals surface area contributed by atoms with Gasteiger partial charge >= 0.3 is 0 Å². The van der Waals surface area contributed by atoms with Crippen molar-refractivity contribution in [3.8, 4) is 0 Å². The first-order valence-corrected chi connectivity index (χ1v) is 5.65. The number of hydrogen-bond donors (Lipinski definition) is 1. The van der Waals surface area contributed by atoms with E-state index in [0.29, 0.717) is 6.61 Å². The van der Waals surface area contributed by atoms with Crippen LogP contribution >= 0.6 is 0 Å². The standard InChI is InChI=1S/C12H21NO3/c1-4-15-10(2)7-13-8-11-5-6-12(16-11)9-14-3/h5-6,10,13H,4,7-9H2,1-3H3. The zero-order valence-corrected chi connectivity index (χ0v) is 10.3. The van der Waals surface area contributed by atoms with Crippen molar-refractivity contribution in [3.05, 3.63) is 23.7 Å². The highest BCUT2D eigenvalue weighted by Crippen LogP contribution is 2.08. The van der Waals surface area contributed by atoms with Crippen LogP contribution in [0.2, 0.25) is 0 Å². The van der Waals surface area contributed by atoms with Gasteiger partial charge in [0.15, 0.2) is 0 Å². The van der Waals surface area contributed by atoms with Gasteiger partial charge in [-0.2, -0.15) is 0 Å². The normalized spacial score (nSPS) is 12.9. The molecule has 1 heterocycles. The highest BCUT2D eigenvalue weighted by Gasteiger charge is 2.03. The van der Waals surface area contributed by atoms with Crippen molar-refractivity contribution < 1.29 is 13.9 Å². The van der Waals surface area contributed by atoms with Crippen molar-refractivity contribution in [3.63, 3.8) is 0 Å². The molecule has 1 N–H and O–H groups in total. The monoisotopic (exact) mass is 227 g/mol. The summed E-state index contributed by atoms with van der Waals surface area (Å²) in [6.07, 6.45) is 0.235. The van der Waals surface area contributed by atoms with Crippen molar-refractivity contribution in [2.45, 2.75) is 33.1 Å². The third-order valence-electron chi connectivity index (χ3n) is 2.19. The van der Waals surface area contributed by atoms with Crippen molar-refractivity contribution >= 4 is 0 Å². The molecule has 0 radical (unpaired) electrons. The zero-order chi connectivity index (χ0) is 11.8. The summed E-state index contributed by atoms with van der Waals surface area (Å²) in [6, 6.07) is 3.90. The van der Waals surface area contributed by atoms with Gasteiger partial charge in [-0.3, -0.25) is 0 Å². The second-order valence-corrected chi connectivity index (χ2v) is 3.70. The van der Waals surface area contributed by atoms with Crippen molar-refractivity contribution in [2.24, 2.45) is 0 Å². The van der Waals surface area contributed by atoms with E-state index in [9.17, 15) is 0 Å². The summed E-state index contributed by atoms with van der Waals surface area (Å²) in [5, 5.41) is 3.28.